The number of para-hydroxylation sites is 1. The molecule has 0 heterocycles. The molecule has 0 aromatic heterocycles. The summed E-state index contributed by atoms with van der Waals surface area (Å²) in [7, 11) is 0. The van der Waals surface area contributed by atoms with Crippen LogP contribution in [-0.4, -0.2) is 0 Å². The quantitative estimate of drug-likeness (QED) is 0.794. The Morgan fingerprint density at radius 2 is 1.94 bits per heavy atom. The molecular weight excluding hydrogens is 317 g/mol. The van der Waals surface area contributed by atoms with E-state index in [1.54, 1.807) is 6.07 Å². The number of nitrogens with one attached hydrogen (secondary N) is 1. The second-order valence-electron chi connectivity index (χ2n) is 4.01. The second-order valence-corrected chi connectivity index (χ2v) is 5.27. The van der Waals surface area contributed by atoms with Gasteiger partial charge in [0.2, 0.25) is 0 Å². The lowest BCUT2D eigenvalue weighted by molar-refractivity contribution is 0.626. The van der Waals surface area contributed by atoms with Crippen LogP contribution in [0.25, 0.3) is 0 Å². The molecule has 0 radical (unpaired) electrons. The molecule has 0 saturated carbocycles. The zero-order valence-corrected chi connectivity index (χ0v) is 12.1. The number of hydrogen-bond acceptors (Lipinski definition) is 1. The zero-order valence-electron chi connectivity index (χ0n) is 9.75. The summed E-state index contributed by atoms with van der Waals surface area (Å²) in [6.45, 7) is 1.98. The fourth-order valence-corrected chi connectivity index (χ4v) is 2.47. The van der Waals surface area contributed by atoms with Gasteiger partial charge in [-0.1, -0.05) is 29.8 Å². The maximum Gasteiger partial charge on any atom is 0.124 e. The van der Waals surface area contributed by atoms with Crippen LogP contribution in [0.1, 0.15) is 18.5 Å². The van der Waals surface area contributed by atoms with E-state index in [1.165, 1.54) is 12.1 Å². The Bertz CT molecular complexity index is 559. The smallest absolute Gasteiger partial charge is 0.124 e. The van der Waals surface area contributed by atoms with Gasteiger partial charge in [0.05, 0.1) is 6.04 Å². The van der Waals surface area contributed by atoms with E-state index in [4.69, 9.17) is 11.6 Å². The first-order chi connectivity index (χ1) is 8.58. The SMILES string of the molecule is CC(Nc1ccccc1Br)c1ccc(F)cc1Cl. The van der Waals surface area contributed by atoms with Gasteiger partial charge in [0.1, 0.15) is 5.82 Å². The molecule has 1 unspecified atom stereocenters. The van der Waals surface area contributed by atoms with Gasteiger partial charge in [-0.3, -0.25) is 0 Å². The lowest BCUT2D eigenvalue weighted by Crippen LogP contribution is -2.07. The highest BCUT2D eigenvalue weighted by Gasteiger charge is 2.11. The third-order valence-electron chi connectivity index (χ3n) is 2.67. The minimum Gasteiger partial charge on any atom is -0.378 e. The summed E-state index contributed by atoms with van der Waals surface area (Å²) in [5.41, 5.74) is 1.85. The molecule has 2 rings (SSSR count). The van der Waals surface area contributed by atoms with E-state index in [2.05, 4.69) is 21.2 Å². The average Bonchev–Trinajstić information content (AvgIpc) is 2.32. The van der Waals surface area contributed by atoms with Gasteiger partial charge in [-0.25, -0.2) is 4.39 Å². The van der Waals surface area contributed by atoms with Crippen molar-refractivity contribution >= 4 is 33.2 Å². The fraction of sp³-hybridized carbons (Fsp3) is 0.143. The average molecular weight is 329 g/mol. The van der Waals surface area contributed by atoms with Crippen molar-refractivity contribution in [1.29, 1.82) is 0 Å². The summed E-state index contributed by atoms with van der Waals surface area (Å²) in [5, 5.41) is 3.77. The summed E-state index contributed by atoms with van der Waals surface area (Å²) >= 11 is 9.51. The molecule has 0 aliphatic heterocycles. The van der Waals surface area contributed by atoms with E-state index in [9.17, 15) is 4.39 Å². The molecular formula is C14H12BrClFN. The predicted molar refractivity (Wildman–Crippen MR) is 77.6 cm³/mol. The van der Waals surface area contributed by atoms with Crippen molar-refractivity contribution in [1.82, 2.24) is 0 Å². The van der Waals surface area contributed by atoms with Crippen molar-refractivity contribution in [3.05, 3.63) is 63.3 Å². The van der Waals surface area contributed by atoms with E-state index in [0.29, 0.717) is 5.02 Å². The van der Waals surface area contributed by atoms with Crippen LogP contribution < -0.4 is 5.32 Å². The topological polar surface area (TPSA) is 12.0 Å². The Morgan fingerprint density at radius 1 is 1.22 bits per heavy atom. The van der Waals surface area contributed by atoms with Gasteiger partial charge >= 0.3 is 0 Å². The van der Waals surface area contributed by atoms with Gasteiger partial charge in [-0.2, -0.15) is 0 Å². The van der Waals surface area contributed by atoms with Crippen LogP contribution in [0.15, 0.2) is 46.9 Å². The van der Waals surface area contributed by atoms with Crippen LogP contribution in [0.5, 0.6) is 0 Å². The Balaban J connectivity index is 2.22. The van der Waals surface area contributed by atoms with Gasteiger partial charge < -0.3 is 5.32 Å². The van der Waals surface area contributed by atoms with Crippen LogP contribution in [0.2, 0.25) is 5.02 Å². The molecule has 2 aromatic rings. The monoisotopic (exact) mass is 327 g/mol. The number of halogens is 3. The maximum atomic E-state index is 13.0. The van der Waals surface area contributed by atoms with Gasteiger partial charge in [0.15, 0.2) is 0 Å². The van der Waals surface area contributed by atoms with Gasteiger partial charge in [-0.05, 0) is 52.7 Å². The number of rotatable bonds is 3. The normalized spacial score (nSPS) is 12.2. The van der Waals surface area contributed by atoms with Crippen LogP contribution in [0, 0.1) is 5.82 Å². The highest BCUT2D eigenvalue weighted by molar-refractivity contribution is 9.10. The molecule has 0 saturated heterocycles. The summed E-state index contributed by atoms with van der Waals surface area (Å²) in [6.07, 6.45) is 0. The minimum atomic E-state index is -0.322. The molecule has 0 amide bonds. The van der Waals surface area contributed by atoms with E-state index < -0.39 is 0 Å². The molecule has 18 heavy (non-hydrogen) atoms. The standard InChI is InChI=1S/C14H12BrClFN/c1-9(11-7-6-10(17)8-13(11)16)18-14-5-3-2-4-12(14)15/h2-9,18H,1H3. The van der Waals surface area contributed by atoms with E-state index in [0.717, 1.165) is 15.7 Å². The Morgan fingerprint density at radius 3 is 2.61 bits per heavy atom. The Kier molecular flexibility index (Phi) is 4.25. The van der Waals surface area contributed by atoms with Gasteiger partial charge in [0, 0.05) is 15.2 Å². The van der Waals surface area contributed by atoms with Crippen molar-refractivity contribution in [2.45, 2.75) is 13.0 Å². The molecule has 94 valence electrons. The highest BCUT2D eigenvalue weighted by atomic mass is 79.9. The summed E-state index contributed by atoms with van der Waals surface area (Å²) < 4.78 is 14.0. The van der Waals surface area contributed by atoms with Crippen molar-refractivity contribution in [2.75, 3.05) is 5.32 Å². The summed E-state index contributed by atoms with van der Waals surface area (Å²) in [4.78, 5) is 0. The molecule has 1 N–H and O–H groups in total. The van der Waals surface area contributed by atoms with Crippen LogP contribution in [0.3, 0.4) is 0 Å². The first-order valence-electron chi connectivity index (χ1n) is 5.54. The largest absolute Gasteiger partial charge is 0.378 e. The molecule has 0 spiro atoms. The van der Waals surface area contributed by atoms with E-state index >= 15 is 0 Å². The molecule has 1 nitrogen and oxygen atoms in total. The van der Waals surface area contributed by atoms with Crippen molar-refractivity contribution in [3.8, 4) is 0 Å². The second kappa shape index (κ2) is 5.72. The first-order valence-corrected chi connectivity index (χ1v) is 6.71. The lowest BCUT2D eigenvalue weighted by atomic mass is 10.1. The van der Waals surface area contributed by atoms with E-state index in [1.807, 2.05) is 31.2 Å². The van der Waals surface area contributed by atoms with Crippen molar-refractivity contribution < 1.29 is 4.39 Å². The highest BCUT2D eigenvalue weighted by Crippen LogP contribution is 2.29. The molecule has 0 aliphatic rings. The fourth-order valence-electron chi connectivity index (χ4n) is 1.74. The number of benzene rings is 2. The molecule has 4 heteroatoms. The molecule has 0 aliphatic carbocycles. The molecule has 1 atom stereocenters. The van der Waals surface area contributed by atoms with Crippen molar-refractivity contribution in [2.24, 2.45) is 0 Å². The zero-order chi connectivity index (χ0) is 13.1. The van der Waals surface area contributed by atoms with Crippen molar-refractivity contribution in [3.63, 3.8) is 0 Å². The van der Waals surface area contributed by atoms with Crippen LogP contribution in [0.4, 0.5) is 10.1 Å². The molecule has 2 aromatic carbocycles. The van der Waals surface area contributed by atoms with Crippen LogP contribution >= 0.6 is 27.5 Å². The third-order valence-corrected chi connectivity index (χ3v) is 3.69. The summed E-state index contributed by atoms with van der Waals surface area (Å²) in [5.74, 6) is -0.322. The molecule has 0 fully saturated rings. The third kappa shape index (κ3) is 3.03. The minimum absolute atomic E-state index is 0.00296. The van der Waals surface area contributed by atoms with Gasteiger partial charge in [-0.15, -0.1) is 0 Å². The number of anilines is 1. The summed E-state index contributed by atoms with van der Waals surface area (Å²) in [6, 6.07) is 12.3. The lowest BCUT2D eigenvalue weighted by Gasteiger charge is -2.18. The Labute approximate surface area is 119 Å². The van der Waals surface area contributed by atoms with Crippen LogP contribution in [-0.2, 0) is 0 Å². The Hall–Kier alpha value is -1.06. The number of hydrogen-bond donors (Lipinski definition) is 1. The first kappa shape index (κ1) is 13.4. The van der Waals surface area contributed by atoms with E-state index in [-0.39, 0.29) is 11.9 Å². The maximum absolute atomic E-state index is 13.0. The van der Waals surface area contributed by atoms with Gasteiger partial charge in [0.25, 0.3) is 0 Å². The molecule has 0 bridgehead atoms. The predicted octanol–water partition coefficient (Wildman–Crippen LogP) is 5.41.